The Morgan fingerprint density at radius 3 is 1.32 bits per heavy atom. The molecule has 0 aromatic heterocycles. The average Bonchev–Trinajstić information content (AvgIpc) is 3.71. The number of rotatable bonds is 5. The van der Waals surface area contributed by atoms with Crippen LogP contribution in [0.25, 0.3) is 33.4 Å². The zero-order valence-electron chi connectivity index (χ0n) is 27.7. The number of para-hydroxylation sites is 1. The van der Waals surface area contributed by atoms with Crippen molar-refractivity contribution in [2.75, 3.05) is 9.80 Å². The summed E-state index contributed by atoms with van der Waals surface area (Å²) >= 11 is 0. The number of fused-ring (bicyclic) bond motifs is 6. The standard InChI is InChI=1S/C48H36N2/c1-3-12-33(13-4-1)36-14-11-17-40(30-36)50-46-21-10-8-19-42(46)44-32-38(27-29-48(44)50)35-24-22-34(23-25-35)37-26-28-47-43(31-37)41-18-7-9-20-45(41)49(47)39-15-5-2-6-16-39/h1-32,41-42,45-46H. The summed E-state index contributed by atoms with van der Waals surface area (Å²) in [6, 6.07) is 54.2. The smallest absolute Gasteiger partial charge is 0.0629 e. The number of hydrogen-bond acceptors (Lipinski definition) is 2. The van der Waals surface area contributed by atoms with Gasteiger partial charge in [-0.3, -0.25) is 0 Å². The molecule has 4 unspecified atom stereocenters. The summed E-state index contributed by atoms with van der Waals surface area (Å²) in [5, 5.41) is 0. The van der Waals surface area contributed by atoms with E-state index >= 15 is 0 Å². The van der Waals surface area contributed by atoms with E-state index in [4.69, 9.17) is 0 Å². The van der Waals surface area contributed by atoms with Crippen LogP contribution in [0.5, 0.6) is 0 Å². The minimum Gasteiger partial charge on any atom is -0.333 e. The Morgan fingerprint density at radius 1 is 0.320 bits per heavy atom. The van der Waals surface area contributed by atoms with Crippen molar-refractivity contribution < 1.29 is 0 Å². The van der Waals surface area contributed by atoms with Crippen LogP contribution in [0.1, 0.15) is 23.0 Å². The molecule has 4 aliphatic rings. The maximum atomic E-state index is 2.52. The fraction of sp³-hybridized carbons (Fsp3) is 0.0833. The summed E-state index contributed by atoms with van der Waals surface area (Å²) in [5.74, 6) is 0.651. The number of anilines is 4. The number of hydrogen-bond donors (Lipinski definition) is 0. The Hall–Kier alpha value is -6.12. The third kappa shape index (κ3) is 4.71. The van der Waals surface area contributed by atoms with Gasteiger partial charge in [-0.1, -0.05) is 146 Å². The van der Waals surface area contributed by atoms with Crippen LogP contribution in [0.3, 0.4) is 0 Å². The van der Waals surface area contributed by atoms with Crippen LogP contribution in [0.2, 0.25) is 0 Å². The largest absolute Gasteiger partial charge is 0.333 e. The van der Waals surface area contributed by atoms with Crippen LogP contribution < -0.4 is 9.80 Å². The summed E-state index contributed by atoms with van der Waals surface area (Å²) in [6.45, 7) is 0. The molecule has 0 saturated heterocycles. The molecular weight excluding hydrogens is 605 g/mol. The second-order valence-electron chi connectivity index (χ2n) is 13.7. The minimum absolute atomic E-state index is 0.255. The number of allylic oxidation sites excluding steroid dienone is 4. The van der Waals surface area contributed by atoms with Crippen molar-refractivity contribution in [3.63, 3.8) is 0 Å². The van der Waals surface area contributed by atoms with Gasteiger partial charge in [0.05, 0.1) is 12.1 Å². The zero-order valence-corrected chi connectivity index (χ0v) is 27.7. The van der Waals surface area contributed by atoms with Gasteiger partial charge in [0.1, 0.15) is 0 Å². The lowest BCUT2D eigenvalue weighted by Gasteiger charge is -2.29. The highest BCUT2D eigenvalue weighted by Crippen LogP contribution is 2.50. The molecule has 2 heterocycles. The lowest BCUT2D eigenvalue weighted by Crippen LogP contribution is -2.28. The van der Waals surface area contributed by atoms with Gasteiger partial charge in [-0.15, -0.1) is 0 Å². The van der Waals surface area contributed by atoms with E-state index in [1.807, 2.05) is 0 Å². The molecular formula is C48H36N2. The maximum Gasteiger partial charge on any atom is 0.0629 e. The van der Waals surface area contributed by atoms with Crippen molar-refractivity contribution in [3.8, 4) is 33.4 Å². The lowest BCUT2D eigenvalue weighted by molar-refractivity contribution is 0.745. The molecule has 0 radical (unpaired) electrons. The summed E-state index contributed by atoms with van der Waals surface area (Å²) in [7, 11) is 0. The fourth-order valence-electron chi connectivity index (χ4n) is 8.55. The molecule has 0 bridgehead atoms. The van der Waals surface area contributed by atoms with Gasteiger partial charge in [-0.25, -0.2) is 0 Å². The first kappa shape index (κ1) is 28.9. The molecule has 2 nitrogen and oxygen atoms in total. The Bertz CT molecular complexity index is 2350. The Kier molecular flexibility index (Phi) is 6.80. The quantitative estimate of drug-likeness (QED) is 0.185. The van der Waals surface area contributed by atoms with Crippen molar-refractivity contribution in [1.29, 1.82) is 0 Å². The molecule has 2 aliphatic carbocycles. The summed E-state index contributed by atoms with van der Waals surface area (Å²) in [6.07, 6.45) is 18.2. The topological polar surface area (TPSA) is 6.48 Å². The van der Waals surface area contributed by atoms with E-state index < -0.39 is 0 Å². The van der Waals surface area contributed by atoms with Crippen LogP contribution in [0.4, 0.5) is 22.7 Å². The average molecular weight is 641 g/mol. The van der Waals surface area contributed by atoms with Gasteiger partial charge in [0.15, 0.2) is 0 Å². The van der Waals surface area contributed by atoms with Crippen LogP contribution in [-0.4, -0.2) is 12.1 Å². The third-order valence-electron chi connectivity index (χ3n) is 10.9. The molecule has 0 spiro atoms. The molecule has 6 aromatic rings. The normalized spacial score (nSPS) is 20.8. The van der Waals surface area contributed by atoms with Crippen LogP contribution in [0, 0.1) is 0 Å². The first-order valence-electron chi connectivity index (χ1n) is 17.7. The predicted molar refractivity (Wildman–Crippen MR) is 210 cm³/mol. The molecule has 0 N–H and O–H groups in total. The van der Waals surface area contributed by atoms with E-state index in [9.17, 15) is 0 Å². The summed E-state index contributed by atoms with van der Waals surface area (Å²) in [5.41, 5.74) is 15.3. The Morgan fingerprint density at radius 2 is 0.740 bits per heavy atom. The van der Waals surface area contributed by atoms with E-state index in [0.717, 1.165) is 0 Å². The molecule has 2 heteroatoms. The highest BCUT2D eigenvalue weighted by molar-refractivity contribution is 5.83. The molecule has 2 aliphatic heterocycles. The molecule has 4 atom stereocenters. The van der Waals surface area contributed by atoms with Crippen molar-refractivity contribution in [3.05, 3.63) is 205 Å². The summed E-state index contributed by atoms with van der Waals surface area (Å²) < 4.78 is 0. The first-order valence-corrected chi connectivity index (χ1v) is 17.7. The van der Waals surface area contributed by atoms with Crippen LogP contribution in [0.15, 0.2) is 194 Å². The predicted octanol–water partition coefficient (Wildman–Crippen LogP) is 12.1. The van der Waals surface area contributed by atoms with Crippen LogP contribution >= 0.6 is 0 Å². The van der Waals surface area contributed by atoms with E-state index in [2.05, 4.69) is 204 Å². The second kappa shape index (κ2) is 11.8. The highest BCUT2D eigenvalue weighted by atomic mass is 15.2. The van der Waals surface area contributed by atoms with Gasteiger partial charge in [0.2, 0.25) is 0 Å². The Labute approximate surface area is 294 Å². The Balaban J connectivity index is 0.968. The zero-order chi connectivity index (χ0) is 33.0. The minimum atomic E-state index is 0.255. The molecule has 0 saturated carbocycles. The lowest BCUT2D eigenvalue weighted by atomic mass is 9.89. The van der Waals surface area contributed by atoms with Crippen LogP contribution in [-0.2, 0) is 0 Å². The molecule has 6 aromatic carbocycles. The molecule has 238 valence electrons. The summed E-state index contributed by atoms with van der Waals surface area (Å²) in [4.78, 5) is 5.01. The molecule has 10 rings (SSSR count). The van der Waals surface area contributed by atoms with Gasteiger partial charge in [-0.2, -0.15) is 0 Å². The van der Waals surface area contributed by atoms with Crippen molar-refractivity contribution in [1.82, 2.24) is 0 Å². The molecule has 50 heavy (non-hydrogen) atoms. The molecule has 0 fully saturated rings. The maximum absolute atomic E-state index is 2.52. The third-order valence-corrected chi connectivity index (χ3v) is 10.9. The van der Waals surface area contributed by atoms with E-state index in [-0.39, 0.29) is 6.04 Å². The van der Waals surface area contributed by atoms with Gasteiger partial charge in [-0.05, 0) is 93.0 Å². The monoisotopic (exact) mass is 640 g/mol. The molecule has 0 amide bonds. The number of nitrogens with zero attached hydrogens (tertiary/aromatic N) is 2. The van der Waals surface area contributed by atoms with Crippen molar-refractivity contribution in [2.24, 2.45) is 0 Å². The van der Waals surface area contributed by atoms with Gasteiger partial charge in [0, 0.05) is 34.6 Å². The van der Waals surface area contributed by atoms with Crippen molar-refractivity contribution in [2.45, 2.75) is 23.9 Å². The van der Waals surface area contributed by atoms with Crippen molar-refractivity contribution >= 4 is 22.7 Å². The van der Waals surface area contributed by atoms with Gasteiger partial charge < -0.3 is 9.80 Å². The first-order chi connectivity index (χ1) is 24.8. The van der Waals surface area contributed by atoms with Gasteiger partial charge >= 0.3 is 0 Å². The fourth-order valence-corrected chi connectivity index (χ4v) is 8.55. The van der Waals surface area contributed by atoms with E-state index in [1.165, 1.54) is 67.3 Å². The number of benzene rings is 6. The highest BCUT2D eigenvalue weighted by Gasteiger charge is 2.38. The SMILES string of the molecule is C1=CC2c3cc(-c4ccc(-c5ccc6c(c5)C5C=CC=CC5N6c5cccc(-c6ccccc6)c5)cc4)ccc3N(c3ccccc3)C2C=C1. The van der Waals surface area contributed by atoms with E-state index in [0.29, 0.717) is 17.9 Å². The second-order valence-corrected chi connectivity index (χ2v) is 13.7. The van der Waals surface area contributed by atoms with Gasteiger partial charge in [0.25, 0.3) is 0 Å². The van der Waals surface area contributed by atoms with E-state index in [1.54, 1.807) is 0 Å².